The fraction of sp³-hybridized carbons (Fsp3) is 0.158. The van der Waals surface area contributed by atoms with Crippen molar-refractivity contribution in [2.45, 2.75) is 6.92 Å². The number of nitro groups is 1. The topological polar surface area (TPSA) is 145 Å². The van der Waals surface area contributed by atoms with Crippen LogP contribution in [0.5, 0.6) is 0 Å². The van der Waals surface area contributed by atoms with Crippen molar-refractivity contribution in [2.24, 2.45) is 0 Å². The smallest absolute Gasteiger partial charge is 0.325 e. The van der Waals surface area contributed by atoms with Crippen molar-refractivity contribution in [3.8, 4) is 0 Å². The molecule has 0 saturated carbocycles. The summed E-state index contributed by atoms with van der Waals surface area (Å²) in [6.45, 7) is 0.283. The van der Waals surface area contributed by atoms with Crippen molar-refractivity contribution in [3.05, 3.63) is 68.7 Å². The molecule has 0 aliphatic carbocycles. The van der Waals surface area contributed by atoms with Crippen LogP contribution in [-0.4, -0.2) is 41.6 Å². The van der Waals surface area contributed by atoms with Gasteiger partial charge in [0.25, 0.3) is 17.5 Å². The van der Waals surface area contributed by atoms with Crippen molar-refractivity contribution in [1.29, 1.82) is 0 Å². The number of nitrogens with zero attached hydrogens (tertiary/aromatic N) is 1. The van der Waals surface area contributed by atoms with Crippen LogP contribution in [-0.2, 0) is 14.3 Å². The minimum atomic E-state index is -0.881. The Morgan fingerprint density at radius 2 is 1.70 bits per heavy atom. The normalized spacial score (nSPS) is 10.1. The van der Waals surface area contributed by atoms with Gasteiger partial charge in [0.2, 0.25) is 0 Å². The molecule has 0 saturated heterocycles. The van der Waals surface area contributed by atoms with E-state index in [1.54, 1.807) is 12.1 Å². The molecule has 0 radical (unpaired) electrons. The molecular weight excluding hydrogens is 418 g/mol. The molecule has 0 aliphatic heterocycles. The first-order valence-corrected chi connectivity index (χ1v) is 8.84. The predicted octanol–water partition coefficient (Wildman–Crippen LogP) is 2.36. The lowest BCUT2D eigenvalue weighted by Crippen LogP contribution is -2.32. The second kappa shape index (κ2) is 10.1. The quantitative estimate of drug-likeness (QED) is 0.281. The van der Waals surface area contributed by atoms with Gasteiger partial charge < -0.3 is 15.4 Å². The number of amides is 2. The van der Waals surface area contributed by atoms with E-state index in [4.69, 9.17) is 16.3 Å². The van der Waals surface area contributed by atoms with Crippen LogP contribution in [0.25, 0.3) is 0 Å². The summed E-state index contributed by atoms with van der Waals surface area (Å²) in [6, 6.07) is 9.58. The average Bonchev–Trinajstić information content (AvgIpc) is 2.71. The third-order valence-electron chi connectivity index (χ3n) is 3.74. The summed E-state index contributed by atoms with van der Waals surface area (Å²) in [6.07, 6.45) is 0. The molecule has 2 aromatic carbocycles. The fourth-order valence-corrected chi connectivity index (χ4v) is 2.42. The Balaban J connectivity index is 1.79. The molecule has 0 unspecified atom stereocenters. The van der Waals surface area contributed by atoms with Gasteiger partial charge in [0.05, 0.1) is 4.92 Å². The van der Waals surface area contributed by atoms with E-state index in [2.05, 4.69) is 10.6 Å². The lowest BCUT2D eigenvalue weighted by atomic mass is 10.1. The second-order valence-electron chi connectivity index (χ2n) is 5.95. The Morgan fingerprint density at radius 3 is 2.30 bits per heavy atom. The number of Topliss-reactive ketones (excluding diaryl/α,β-unsaturated/α-hetero) is 1. The van der Waals surface area contributed by atoms with E-state index in [0.29, 0.717) is 11.3 Å². The maximum absolute atomic E-state index is 12.0. The van der Waals surface area contributed by atoms with Gasteiger partial charge in [-0.3, -0.25) is 29.3 Å². The summed E-state index contributed by atoms with van der Waals surface area (Å²) in [5.74, 6) is -2.36. The summed E-state index contributed by atoms with van der Waals surface area (Å²) in [5.41, 5.74) is 0.394. The van der Waals surface area contributed by atoms with Gasteiger partial charge in [-0.1, -0.05) is 11.6 Å². The lowest BCUT2D eigenvalue weighted by Gasteiger charge is -2.08. The van der Waals surface area contributed by atoms with Crippen LogP contribution < -0.4 is 10.6 Å². The number of esters is 1. The molecule has 0 bridgehead atoms. The van der Waals surface area contributed by atoms with Crippen LogP contribution in [0.4, 0.5) is 11.4 Å². The maximum atomic E-state index is 12.0. The molecule has 0 aliphatic rings. The molecule has 2 aromatic rings. The number of nitro benzene ring substituents is 1. The molecule has 0 spiro atoms. The molecule has 2 amide bonds. The number of hydrogen-bond acceptors (Lipinski definition) is 7. The first-order chi connectivity index (χ1) is 14.2. The Morgan fingerprint density at radius 1 is 1.07 bits per heavy atom. The maximum Gasteiger partial charge on any atom is 0.325 e. The van der Waals surface area contributed by atoms with Crippen LogP contribution in [0.1, 0.15) is 27.6 Å². The van der Waals surface area contributed by atoms with Crippen molar-refractivity contribution >= 4 is 46.5 Å². The van der Waals surface area contributed by atoms with Crippen molar-refractivity contribution < 1.29 is 28.8 Å². The van der Waals surface area contributed by atoms with E-state index in [1.807, 2.05) is 0 Å². The zero-order valence-electron chi connectivity index (χ0n) is 15.6. The fourth-order valence-electron chi connectivity index (χ4n) is 2.23. The lowest BCUT2D eigenvalue weighted by molar-refractivity contribution is -0.384. The number of halogens is 1. The number of rotatable bonds is 8. The van der Waals surface area contributed by atoms with E-state index in [-0.39, 0.29) is 16.4 Å². The summed E-state index contributed by atoms with van der Waals surface area (Å²) in [4.78, 5) is 56.8. The Bertz CT molecular complexity index is 1010. The number of benzene rings is 2. The van der Waals surface area contributed by atoms with Crippen molar-refractivity contribution in [3.63, 3.8) is 0 Å². The molecule has 0 atom stereocenters. The minimum absolute atomic E-state index is 0.0642. The van der Waals surface area contributed by atoms with Gasteiger partial charge in [0.15, 0.2) is 12.4 Å². The van der Waals surface area contributed by atoms with Gasteiger partial charge in [-0.2, -0.15) is 0 Å². The summed E-state index contributed by atoms with van der Waals surface area (Å²) < 4.78 is 4.76. The van der Waals surface area contributed by atoms with E-state index < -0.39 is 41.5 Å². The van der Waals surface area contributed by atoms with Gasteiger partial charge in [0.1, 0.15) is 11.6 Å². The molecule has 0 heterocycles. The van der Waals surface area contributed by atoms with Crippen LogP contribution >= 0.6 is 11.6 Å². The standard InChI is InChI=1S/C19H16ClN3O7/c1-11(24)12-2-5-14(6-3-12)22-17(25)10-30-18(26)9-21-19(27)13-4-7-15(20)16(8-13)23(28)29/h2-8H,9-10H2,1H3,(H,21,27)(H,22,25). The molecule has 2 N–H and O–H groups in total. The van der Waals surface area contributed by atoms with E-state index in [0.717, 1.165) is 6.07 Å². The number of ketones is 1. The van der Waals surface area contributed by atoms with Crippen LogP contribution in [0, 0.1) is 10.1 Å². The van der Waals surface area contributed by atoms with Gasteiger partial charge in [0, 0.05) is 22.9 Å². The Labute approximate surface area is 175 Å². The summed E-state index contributed by atoms with van der Waals surface area (Å²) in [5, 5.41) is 15.4. The first kappa shape index (κ1) is 22.5. The molecule has 0 aromatic heterocycles. The Kier molecular flexibility index (Phi) is 7.59. The average molecular weight is 434 g/mol. The van der Waals surface area contributed by atoms with E-state index in [9.17, 15) is 29.3 Å². The third kappa shape index (κ3) is 6.38. The minimum Gasteiger partial charge on any atom is -0.454 e. The van der Waals surface area contributed by atoms with Crippen molar-refractivity contribution in [2.75, 3.05) is 18.5 Å². The molecule has 0 fully saturated rings. The zero-order valence-corrected chi connectivity index (χ0v) is 16.4. The van der Waals surface area contributed by atoms with Gasteiger partial charge in [-0.15, -0.1) is 0 Å². The van der Waals surface area contributed by atoms with E-state index in [1.165, 1.54) is 31.2 Å². The Hall–Kier alpha value is -3.79. The van der Waals surface area contributed by atoms with Gasteiger partial charge >= 0.3 is 5.97 Å². The van der Waals surface area contributed by atoms with Crippen LogP contribution in [0.3, 0.4) is 0 Å². The molecular formula is C19H16ClN3O7. The van der Waals surface area contributed by atoms with Gasteiger partial charge in [-0.25, -0.2) is 0 Å². The van der Waals surface area contributed by atoms with Crippen molar-refractivity contribution in [1.82, 2.24) is 5.32 Å². The monoisotopic (exact) mass is 433 g/mol. The predicted molar refractivity (Wildman–Crippen MR) is 106 cm³/mol. The number of anilines is 1. The van der Waals surface area contributed by atoms with Gasteiger partial charge in [-0.05, 0) is 43.3 Å². The highest BCUT2D eigenvalue weighted by Crippen LogP contribution is 2.24. The number of nitrogens with one attached hydrogen (secondary N) is 2. The largest absolute Gasteiger partial charge is 0.454 e. The molecule has 30 heavy (non-hydrogen) atoms. The third-order valence-corrected chi connectivity index (χ3v) is 4.06. The molecule has 2 rings (SSSR count). The highest BCUT2D eigenvalue weighted by molar-refractivity contribution is 6.32. The van der Waals surface area contributed by atoms with Crippen LogP contribution in [0.15, 0.2) is 42.5 Å². The molecule has 156 valence electrons. The SMILES string of the molecule is CC(=O)c1ccc(NC(=O)COC(=O)CNC(=O)c2ccc(Cl)c([N+](=O)[O-])c2)cc1. The molecule has 10 nitrogen and oxygen atoms in total. The number of hydrogen-bond donors (Lipinski definition) is 2. The summed E-state index contributed by atoms with van der Waals surface area (Å²) >= 11 is 5.67. The number of carbonyl (C=O) groups excluding carboxylic acids is 4. The zero-order chi connectivity index (χ0) is 22.3. The summed E-state index contributed by atoms with van der Waals surface area (Å²) in [7, 11) is 0. The highest BCUT2D eigenvalue weighted by Gasteiger charge is 2.17. The van der Waals surface area contributed by atoms with E-state index >= 15 is 0 Å². The number of carbonyl (C=O) groups is 4. The highest BCUT2D eigenvalue weighted by atomic mass is 35.5. The first-order valence-electron chi connectivity index (χ1n) is 8.46. The van der Waals surface area contributed by atoms with Crippen LogP contribution in [0.2, 0.25) is 5.02 Å². The second-order valence-corrected chi connectivity index (χ2v) is 6.36. The number of ether oxygens (including phenoxy) is 1. The molecule has 11 heteroatoms.